The molecule has 0 radical (unpaired) electrons. The molecule has 0 aromatic heterocycles. The summed E-state index contributed by atoms with van der Waals surface area (Å²) in [4.78, 5) is 4.49. The molecule has 0 aliphatic heterocycles. The van der Waals surface area contributed by atoms with Gasteiger partial charge in [-0.3, -0.25) is 0 Å². The fourth-order valence-electron chi connectivity index (χ4n) is 2.16. The highest BCUT2D eigenvalue weighted by atomic mass is 32.1. The van der Waals surface area contributed by atoms with E-state index in [9.17, 15) is 0 Å². The van der Waals surface area contributed by atoms with Gasteiger partial charge in [0.05, 0.1) is 6.61 Å². The molecule has 0 aliphatic carbocycles. The van der Waals surface area contributed by atoms with Crippen molar-refractivity contribution in [2.24, 2.45) is 0 Å². The zero-order chi connectivity index (χ0) is 19.8. The van der Waals surface area contributed by atoms with Crippen LogP contribution in [0.4, 0.5) is 0 Å². The van der Waals surface area contributed by atoms with Crippen molar-refractivity contribution in [3.63, 3.8) is 0 Å². The third-order valence-electron chi connectivity index (χ3n) is 4.11. The Morgan fingerprint density at radius 1 is 1.08 bits per heavy atom. The quantitative estimate of drug-likeness (QED) is 0.422. The molecular formula is C21H41N3OS. The van der Waals surface area contributed by atoms with E-state index in [0.29, 0.717) is 6.04 Å². The van der Waals surface area contributed by atoms with E-state index in [-0.39, 0.29) is 0 Å². The van der Waals surface area contributed by atoms with Crippen LogP contribution < -0.4 is 10.1 Å². The summed E-state index contributed by atoms with van der Waals surface area (Å²) in [5.41, 5.74) is 1.30. The zero-order valence-electron chi connectivity index (χ0n) is 17.8. The number of rotatable bonds is 12. The Bertz CT molecular complexity index is 424. The Morgan fingerprint density at radius 3 is 2.19 bits per heavy atom. The lowest BCUT2D eigenvalue weighted by Gasteiger charge is -2.17. The average Bonchev–Trinajstić information content (AvgIpc) is 2.65. The molecule has 0 saturated carbocycles. The molecule has 0 fully saturated rings. The van der Waals surface area contributed by atoms with Gasteiger partial charge in [-0.2, -0.15) is 12.6 Å². The second kappa shape index (κ2) is 16.4. The topological polar surface area (TPSA) is 27.7 Å². The summed E-state index contributed by atoms with van der Waals surface area (Å²) in [5, 5.41) is 3.53. The van der Waals surface area contributed by atoms with Crippen LogP contribution in [0.2, 0.25) is 0 Å². The van der Waals surface area contributed by atoms with E-state index in [0.717, 1.165) is 50.7 Å². The van der Waals surface area contributed by atoms with Crippen molar-refractivity contribution >= 4 is 12.6 Å². The van der Waals surface area contributed by atoms with Crippen molar-refractivity contribution in [1.29, 1.82) is 0 Å². The smallest absolute Gasteiger partial charge is 0.119 e. The normalized spacial score (nSPS) is 12.0. The molecule has 152 valence electrons. The molecule has 26 heavy (non-hydrogen) atoms. The fourth-order valence-corrected chi connectivity index (χ4v) is 2.16. The lowest BCUT2D eigenvalue weighted by Crippen LogP contribution is -2.28. The van der Waals surface area contributed by atoms with Crippen molar-refractivity contribution in [3.8, 4) is 5.75 Å². The van der Waals surface area contributed by atoms with Gasteiger partial charge in [0, 0.05) is 25.7 Å². The highest BCUT2D eigenvalue weighted by Gasteiger charge is 2.05. The molecule has 4 nitrogen and oxygen atoms in total. The molecule has 5 heteroatoms. The molecule has 0 aliphatic rings. The van der Waals surface area contributed by atoms with Gasteiger partial charge in [-0.05, 0) is 70.9 Å². The predicted molar refractivity (Wildman–Crippen MR) is 119 cm³/mol. The summed E-state index contributed by atoms with van der Waals surface area (Å²) in [5.74, 6) is 1.98. The first-order valence-corrected chi connectivity index (χ1v) is 10.5. The highest BCUT2D eigenvalue weighted by Crippen LogP contribution is 2.17. The van der Waals surface area contributed by atoms with Crippen molar-refractivity contribution in [3.05, 3.63) is 29.8 Å². The van der Waals surface area contributed by atoms with Gasteiger partial charge in [0.15, 0.2) is 0 Å². The molecule has 1 aromatic carbocycles. The third kappa shape index (κ3) is 13.5. The highest BCUT2D eigenvalue weighted by molar-refractivity contribution is 7.80. The molecule has 1 aromatic rings. The van der Waals surface area contributed by atoms with Gasteiger partial charge in [-0.25, -0.2) is 0 Å². The van der Waals surface area contributed by atoms with Crippen LogP contribution in [0, 0.1) is 0 Å². The second-order valence-electron chi connectivity index (χ2n) is 6.87. The van der Waals surface area contributed by atoms with Gasteiger partial charge in [0.1, 0.15) is 5.75 Å². The largest absolute Gasteiger partial charge is 0.494 e. The Morgan fingerprint density at radius 2 is 1.69 bits per heavy atom. The minimum absolute atomic E-state index is 0.368. The first-order chi connectivity index (χ1) is 12.4. The summed E-state index contributed by atoms with van der Waals surface area (Å²) in [6, 6.07) is 8.82. The first kappa shape index (κ1) is 25.2. The van der Waals surface area contributed by atoms with Crippen LogP contribution in [0.15, 0.2) is 24.3 Å². The molecule has 0 heterocycles. The van der Waals surface area contributed by atoms with E-state index in [1.807, 2.05) is 0 Å². The Labute approximate surface area is 167 Å². The molecule has 0 spiro atoms. The molecule has 1 atom stereocenters. The van der Waals surface area contributed by atoms with E-state index in [4.69, 9.17) is 4.74 Å². The second-order valence-corrected chi connectivity index (χ2v) is 7.32. The molecule has 0 bridgehead atoms. The number of nitrogens with zero attached hydrogens (tertiary/aromatic N) is 2. The minimum atomic E-state index is 0.368. The van der Waals surface area contributed by atoms with Crippen molar-refractivity contribution in [1.82, 2.24) is 15.1 Å². The van der Waals surface area contributed by atoms with Crippen LogP contribution in [0.3, 0.4) is 0 Å². The van der Waals surface area contributed by atoms with Gasteiger partial charge >= 0.3 is 0 Å². The van der Waals surface area contributed by atoms with Crippen molar-refractivity contribution < 1.29 is 4.74 Å². The zero-order valence-corrected chi connectivity index (χ0v) is 18.7. The maximum absolute atomic E-state index is 5.79. The number of thiol groups is 1. The lowest BCUT2D eigenvalue weighted by atomic mass is 10.1. The van der Waals surface area contributed by atoms with Crippen LogP contribution in [-0.4, -0.2) is 69.5 Å². The molecule has 1 rings (SSSR count). The number of nitrogens with one attached hydrogen (secondary N) is 1. The monoisotopic (exact) mass is 383 g/mol. The SMILES string of the molecule is CCCS.CCN(C)CCCOc1ccc(C(C)NCCN(C)C)cc1. The molecule has 0 saturated heterocycles. The van der Waals surface area contributed by atoms with Crippen molar-refractivity contribution in [2.75, 3.05) is 59.7 Å². The lowest BCUT2D eigenvalue weighted by molar-refractivity contribution is 0.268. The van der Waals surface area contributed by atoms with E-state index in [2.05, 4.69) is 93.9 Å². The summed E-state index contributed by atoms with van der Waals surface area (Å²) >= 11 is 3.92. The minimum Gasteiger partial charge on any atom is -0.494 e. The van der Waals surface area contributed by atoms with Gasteiger partial charge in [0.2, 0.25) is 0 Å². The summed E-state index contributed by atoms with van der Waals surface area (Å²) in [6.07, 6.45) is 2.25. The van der Waals surface area contributed by atoms with Crippen LogP contribution in [0.25, 0.3) is 0 Å². The summed E-state index contributed by atoms with van der Waals surface area (Å²) in [6.45, 7) is 11.5. The Balaban J connectivity index is 0.00000141. The summed E-state index contributed by atoms with van der Waals surface area (Å²) < 4.78 is 5.79. The first-order valence-electron chi connectivity index (χ1n) is 9.84. The van der Waals surface area contributed by atoms with Gasteiger partial charge in [-0.15, -0.1) is 0 Å². The third-order valence-corrected chi connectivity index (χ3v) is 4.55. The molecular weight excluding hydrogens is 342 g/mol. The number of likely N-dealkylation sites (N-methyl/N-ethyl adjacent to an activating group) is 1. The maximum Gasteiger partial charge on any atom is 0.119 e. The van der Waals surface area contributed by atoms with Gasteiger partial charge in [-0.1, -0.05) is 26.0 Å². The van der Waals surface area contributed by atoms with E-state index >= 15 is 0 Å². The van der Waals surface area contributed by atoms with Crippen LogP contribution in [0.1, 0.15) is 45.2 Å². The van der Waals surface area contributed by atoms with Gasteiger partial charge < -0.3 is 19.9 Å². The maximum atomic E-state index is 5.79. The number of hydrogen-bond acceptors (Lipinski definition) is 5. The van der Waals surface area contributed by atoms with Crippen molar-refractivity contribution in [2.45, 2.75) is 39.7 Å². The fraction of sp³-hybridized carbons (Fsp3) is 0.714. The molecule has 1 N–H and O–H groups in total. The van der Waals surface area contributed by atoms with Crippen LogP contribution >= 0.6 is 12.6 Å². The van der Waals surface area contributed by atoms with E-state index in [1.54, 1.807) is 0 Å². The van der Waals surface area contributed by atoms with Gasteiger partial charge in [0.25, 0.3) is 0 Å². The average molecular weight is 384 g/mol. The van der Waals surface area contributed by atoms with Crippen LogP contribution in [0.5, 0.6) is 5.75 Å². The Kier molecular flexibility index (Phi) is 16.0. The molecule has 0 amide bonds. The van der Waals surface area contributed by atoms with Crippen LogP contribution in [-0.2, 0) is 0 Å². The number of benzene rings is 1. The van der Waals surface area contributed by atoms with E-state index in [1.165, 1.54) is 12.0 Å². The number of hydrogen-bond donors (Lipinski definition) is 2. The molecule has 1 unspecified atom stereocenters. The standard InChI is InChI=1S/C18H33N3O.C3H8S/c1-6-21(5)13-7-15-22-18-10-8-17(9-11-18)16(2)19-12-14-20(3)4;1-2-3-4/h8-11,16,19H,6-7,12-15H2,1-5H3;4H,2-3H2,1H3. The van der Waals surface area contributed by atoms with E-state index < -0.39 is 0 Å². The predicted octanol–water partition coefficient (Wildman–Crippen LogP) is 3.95. The summed E-state index contributed by atoms with van der Waals surface area (Å²) in [7, 11) is 6.33. The Hall–Kier alpha value is -0.750. The number of ether oxygens (including phenoxy) is 1.